The first-order valence-electron chi connectivity index (χ1n) is 13.5. The van der Waals surface area contributed by atoms with Crippen molar-refractivity contribution < 1.29 is 0 Å². The molecule has 4 aromatic carbocycles. The van der Waals surface area contributed by atoms with Gasteiger partial charge in [0.1, 0.15) is 6.17 Å². The van der Waals surface area contributed by atoms with Gasteiger partial charge in [-0.2, -0.15) is 9.97 Å². The van der Waals surface area contributed by atoms with Crippen LogP contribution in [0, 0.1) is 0 Å². The number of thioether (sulfide) groups is 2. The molecule has 0 aliphatic carbocycles. The van der Waals surface area contributed by atoms with Gasteiger partial charge in [-0.1, -0.05) is 109 Å². The number of nitrogens with zero attached hydrogens (tertiary/aromatic N) is 3. The Kier molecular flexibility index (Phi) is 7.28. The lowest BCUT2D eigenvalue weighted by molar-refractivity contribution is 0.839. The summed E-state index contributed by atoms with van der Waals surface area (Å²) in [5, 5.41) is 12.4. The van der Waals surface area contributed by atoms with Gasteiger partial charge in [0.05, 0.1) is 10.5 Å². The fraction of sp³-hybridized carbons (Fsp3) is 0.0882. The maximum Gasteiger partial charge on any atom is 0.228 e. The molecule has 41 heavy (non-hydrogen) atoms. The molecule has 5 aromatic rings. The van der Waals surface area contributed by atoms with Crippen LogP contribution in [0.15, 0.2) is 132 Å². The zero-order valence-corrected chi connectivity index (χ0v) is 23.7. The Bertz CT molecular complexity index is 1610. The second-order valence-electron chi connectivity index (χ2n) is 9.75. The number of para-hydroxylation sites is 1. The third-order valence-electron chi connectivity index (χ3n) is 7.09. The van der Waals surface area contributed by atoms with E-state index in [0.717, 1.165) is 16.8 Å². The number of nitrogens with one attached hydrogen (secondary N) is 2. The molecule has 0 bridgehead atoms. The largest absolute Gasteiger partial charge is 0.362 e. The molecule has 7 rings (SSSR count). The van der Waals surface area contributed by atoms with Crippen LogP contribution < -0.4 is 10.6 Å². The number of rotatable bonds is 9. The zero-order chi connectivity index (χ0) is 27.4. The van der Waals surface area contributed by atoms with Crippen molar-refractivity contribution in [3.8, 4) is 22.8 Å². The molecule has 2 aliphatic heterocycles. The third-order valence-corrected chi connectivity index (χ3v) is 9.13. The Morgan fingerprint density at radius 1 is 0.537 bits per heavy atom. The van der Waals surface area contributed by atoms with Gasteiger partial charge < -0.3 is 10.6 Å². The summed E-state index contributed by atoms with van der Waals surface area (Å²) in [5.74, 6) is 1.77. The van der Waals surface area contributed by atoms with Crippen LogP contribution in [-0.2, 0) is 0 Å². The molecule has 200 valence electrons. The van der Waals surface area contributed by atoms with Crippen molar-refractivity contribution in [2.45, 2.75) is 16.7 Å². The lowest BCUT2D eigenvalue weighted by Crippen LogP contribution is -2.25. The lowest BCUT2D eigenvalue weighted by Gasteiger charge is -2.32. The molecule has 0 spiro atoms. The van der Waals surface area contributed by atoms with Gasteiger partial charge >= 0.3 is 0 Å². The Labute approximate surface area is 248 Å². The molecule has 2 aliphatic rings. The quantitative estimate of drug-likeness (QED) is 0.172. The second-order valence-corrected chi connectivity index (χ2v) is 11.9. The fourth-order valence-electron chi connectivity index (χ4n) is 4.98. The summed E-state index contributed by atoms with van der Waals surface area (Å²) in [5.41, 5.74) is 6.70. The maximum atomic E-state index is 4.94. The van der Waals surface area contributed by atoms with Gasteiger partial charge in [-0.3, -0.25) is 0 Å². The molecule has 2 N–H and O–H groups in total. The minimum Gasteiger partial charge on any atom is -0.362 e. The first kappa shape index (κ1) is 25.6. The predicted molar refractivity (Wildman–Crippen MR) is 173 cm³/mol. The van der Waals surface area contributed by atoms with E-state index in [0.29, 0.717) is 28.1 Å². The monoisotopic (exact) mass is 569 g/mol. The van der Waals surface area contributed by atoms with Crippen LogP contribution in [0.5, 0.6) is 0 Å². The van der Waals surface area contributed by atoms with E-state index < -0.39 is 0 Å². The SMILES string of the molecule is C1=CC(c2cccc(C3C=CS3)c2C(Nc2ccccc2)Nc2nc(-c3ccccc3)nc(-c3ccccc3)n2)S1. The van der Waals surface area contributed by atoms with E-state index in [9.17, 15) is 0 Å². The molecule has 0 fully saturated rings. The van der Waals surface area contributed by atoms with Crippen LogP contribution in [0.3, 0.4) is 0 Å². The lowest BCUT2D eigenvalue weighted by atomic mass is 9.93. The number of aromatic nitrogens is 3. The standard InChI is InChI=1S/C34H27N5S2/c1-4-11-23(12-5-1)31-36-32(24-13-6-2-7-14-24)38-34(37-31)39-33(35-25-15-8-3-9-16-25)30-26(28-19-21-40-28)17-10-18-27(30)29-20-22-41-29/h1-22,28-29,33,35H,(H,36,37,38,39). The van der Waals surface area contributed by atoms with Crippen molar-refractivity contribution in [1.29, 1.82) is 0 Å². The summed E-state index contributed by atoms with van der Waals surface area (Å²) in [6.07, 6.45) is 4.24. The zero-order valence-electron chi connectivity index (χ0n) is 22.1. The first-order valence-corrected chi connectivity index (χ1v) is 15.4. The van der Waals surface area contributed by atoms with Gasteiger partial charge in [-0.15, -0.1) is 23.5 Å². The highest BCUT2D eigenvalue weighted by Gasteiger charge is 2.29. The van der Waals surface area contributed by atoms with E-state index in [-0.39, 0.29) is 6.17 Å². The molecule has 0 saturated carbocycles. The van der Waals surface area contributed by atoms with Crippen LogP contribution in [0.1, 0.15) is 33.4 Å². The first-order chi connectivity index (χ1) is 20.3. The van der Waals surface area contributed by atoms with Crippen molar-refractivity contribution in [1.82, 2.24) is 15.0 Å². The highest BCUT2D eigenvalue weighted by atomic mass is 32.2. The number of benzene rings is 4. The fourth-order valence-corrected chi connectivity index (χ4v) is 6.32. The summed E-state index contributed by atoms with van der Waals surface area (Å²) >= 11 is 3.69. The molecule has 3 heterocycles. The van der Waals surface area contributed by atoms with E-state index in [1.54, 1.807) is 0 Å². The van der Waals surface area contributed by atoms with Gasteiger partial charge in [0.25, 0.3) is 0 Å². The summed E-state index contributed by atoms with van der Waals surface area (Å²) < 4.78 is 0. The van der Waals surface area contributed by atoms with Crippen LogP contribution >= 0.6 is 23.5 Å². The third kappa shape index (κ3) is 5.51. The van der Waals surface area contributed by atoms with Crippen LogP contribution in [-0.4, -0.2) is 15.0 Å². The average molecular weight is 570 g/mol. The molecular formula is C34H27N5S2. The molecule has 5 nitrogen and oxygen atoms in total. The van der Waals surface area contributed by atoms with E-state index >= 15 is 0 Å². The molecule has 1 aromatic heterocycles. The molecular weight excluding hydrogens is 543 g/mol. The van der Waals surface area contributed by atoms with Crippen LogP contribution in [0.4, 0.5) is 11.6 Å². The minimum atomic E-state index is -0.289. The van der Waals surface area contributed by atoms with Crippen molar-refractivity contribution in [3.63, 3.8) is 0 Å². The number of hydrogen-bond donors (Lipinski definition) is 2. The van der Waals surface area contributed by atoms with E-state index in [4.69, 9.17) is 15.0 Å². The second kappa shape index (κ2) is 11.6. The van der Waals surface area contributed by atoms with Gasteiger partial charge in [0.2, 0.25) is 5.95 Å². The van der Waals surface area contributed by atoms with Crippen molar-refractivity contribution in [2.24, 2.45) is 0 Å². The van der Waals surface area contributed by atoms with E-state index in [1.165, 1.54) is 16.7 Å². The highest BCUT2D eigenvalue weighted by Crippen LogP contribution is 2.48. The summed E-state index contributed by atoms with van der Waals surface area (Å²) in [6, 6.07) is 37.1. The predicted octanol–water partition coefficient (Wildman–Crippen LogP) is 9.03. The maximum absolute atomic E-state index is 4.94. The molecule has 3 unspecified atom stereocenters. The van der Waals surface area contributed by atoms with Crippen LogP contribution in [0.2, 0.25) is 0 Å². The Hall–Kier alpha value is -4.33. The minimum absolute atomic E-state index is 0.289. The molecule has 7 heteroatoms. The Morgan fingerprint density at radius 2 is 1.02 bits per heavy atom. The highest BCUT2D eigenvalue weighted by molar-refractivity contribution is 8.04. The van der Waals surface area contributed by atoms with Gasteiger partial charge in [0, 0.05) is 22.4 Å². The Morgan fingerprint density at radius 3 is 1.49 bits per heavy atom. The van der Waals surface area contributed by atoms with Gasteiger partial charge in [-0.25, -0.2) is 4.98 Å². The summed E-state index contributed by atoms with van der Waals surface area (Å²) in [4.78, 5) is 14.8. The average Bonchev–Trinajstić information content (AvgIpc) is 2.97. The van der Waals surface area contributed by atoms with E-state index in [1.807, 2.05) is 102 Å². The molecule has 0 amide bonds. The van der Waals surface area contributed by atoms with Gasteiger partial charge in [-0.05, 0) is 34.1 Å². The smallest absolute Gasteiger partial charge is 0.228 e. The molecule has 3 atom stereocenters. The molecule has 0 saturated heterocycles. The number of anilines is 2. The normalized spacial score (nSPS) is 17.8. The number of hydrogen-bond acceptors (Lipinski definition) is 7. The topological polar surface area (TPSA) is 62.7 Å². The van der Waals surface area contributed by atoms with E-state index in [2.05, 4.69) is 63.9 Å². The van der Waals surface area contributed by atoms with Crippen molar-refractivity contribution >= 4 is 35.2 Å². The van der Waals surface area contributed by atoms with Crippen LogP contribution in [0.25, 0.3) is 22.8 Å². The summed E-state index contributed by atoms with van der Waals surface area (Å²) in [6.45, 7) is 0. The van der Waals surface area contributed by atoms with Crippen molar-refractivity contribution in [3.05, 3.63) is 149 Å². The summed E-state index contributed by atoms with van der Waals surface area (Å²) in [7, 11) is 0. The Balaban J connectivity index is 1.37. The molecule has 0 radical (unpaired) electrons. The van der Waals surface area contributed by atoms with Gasteiger partial charge in [0.15, 0.2) is 11.6 Å². The van der Waals surface area contributed by atoms with Crippen molar-refractivity contribution in [2.75, 3.05) is 10.6 Å².